The molecule has 2 aromatic heterocycles. The largest absolute Gasteiger partial charge is 0.398 e. The summed E-state index contributed by atoms with van der Waals surface area (Å²) in [6.45, 7) is 0.624. The second-order valence-electron chi connectivity index (χ2n) is 5.15. The molecule has 0 amide bonds. The van der Waals surface area contributed by atoms with Gasteiger partial charge >= 0.3 is 0 Å². The van der Waals surface area contributed by atoms with Gasteiger partial charge in [-0.15, -0.1) is 0 Å². The van der Waals surface area contributed by atoms with Gasteiger partial charge in [0.05, 0.1) is 23.6 Å². The molecule has 4 rings (SSSR count). The number of nitrogen functional groups attached to an aromatic ring is 1. The molecule has 0 aliphatic rings. The molecule has 0 aliphatic carbocycles. The average molecular weight is 289 g/mol. The van der Waals surface area contributed by atoms with Crippen molar-refractivity contribution >= 4 is 28.1 Å². The molecular formula is C17H15N5. The lowest BCUT2D eigenvalue weighted by Crippen LogP contribution is -2.06. The number of fused-ring (bicyclic) bond motifs is 3. The minimum atomic E-state index is 0.624. The second-order valence-corrected chi connectivity index (χ2v) is 5.15. The van der Waals surface area contributed by atoms with Crippen LogP contribution >= 0.6 is 0 Å². The van der Waals surface area contributed by atoms with Gasteiger partial charge in [0.2, 0.25) is 0 Å². The molecule has 0 saturated heterocycles. The summed E-state index contributed by atoms with van der Waals surface area (Å²) in [5.41, 5.74) is 10.7. The zero-order valence-electron chi connectivity index (χ0n) is 11.9. The van der Waals surface area contributed by atoms with E-state index in [4.69, 9.17) is 10.7 Å². The van der Waals surface area contributed by atoms with E-state index in [1.54, 1.807) is 6.33 Å². The molecule has 108 valence electrons. The van der Waals surface area contributed by atoms with Crippen LogP contribution in [0.3, 0.4) is 0 Å². The van der Waals surface area contributed by atoms with Crippen molar-refractivity contribution < 1.29 is 0 Å². The molecule has 0 unspecified atom stereocenters. The van der Waals surface area contributed by atoms with Gasteiger partial charge in [0, 0.05) is 12.2 Å². The smallest absolute Gasteiger partial charge is 0.153 e. The minimum absolute atomic E-state index is 0.624. The van der Waals surface area contributed by atoms with E-state index in [9.17, 15) is 0 Å². The Kier molecular flexibility index (Phi) is 2.89. The standard InChI is InChI=1S/C17H15N5/c18-13-6-2-1-5-12(13)9-20-17-16-10-19-11-22(16)15-8-4-3-7-14(15)21-17/h1-8,10-11H,9,18H2,(H,20,21). The molecule has 0 aliphatic heterocycles. The van der Waals surface area contributed by atoms with Gasteiger partial charge < -0.3 is 11.1 Å². The summed E-state index contributed by atoms with van der Waals surface area (Å²) in [5, 5.41) is 3.37. The molecule has 5 heteroatoms. The number of nitrogens with two attached hydrogens (primary N) is 1. The third kappa shape index (κ3) is 2.03. The van der Waals surface area contributed by atoms with Gasteiger partial charge in [0.1, 0.15) is 5.52 Å². The van der Waals surface area contributed by atoms with Crippen molar-refractivity contribution in [2.24, 2.45) is 0 Å². The molecule has 0 saturated carbocycles. The van der Waals surface area contributed by atoms with Crippen LogP contribution in [-0.4, -0.2) is 14.4 Å². The van der Waals surface area contributed by atoms with E-state index in [0.717, 1.165) is 33.6 Å². The molecular weight excluding hydrogens is 274 g/mol. The maximum Gasteiger partial charge on any atom is 0.153 e. The molecule has 0 spiro atoms. The quantitative estimate of drug-likeness (QED) is 0.569. The van der Waals surface area contributed by atoms with Gasteiger partial charge in [-0.3, -0.25) is 4.40 Å². The highest BCUT2D eigenvalue weighted by molar-refractivity contribution is 5.84. The van der Waals surface area contributed by atoms with Gasteiger partial charge in [-0.05, 0) is 23.8 Å². The maximum atomic E-state index is 5.99. The Morgan fingerprint density at radius 1 is 1.00 bits per heavy atom. The molecule has 0 atom stereocenters. The number of anilines is 2. The normalized spacial score (nSPS) is 11.1. The third-order valence-electron chi connectivity index (χ3n) is 3.76. The maximum absolute atomic E-state index is 5.99. The van der Waals surface area contributed by atoms with Gasteiger partial charge in [-0.25, -0.2) is 9.97 Å². The minimum Gasteiger partial charge on any atom is -0.398 e. The lowest BCUT2D eigenvalue weighted by Gasteiger charge is -2.11. The number of benzene rings is 2. The average Bonchev–Trinajstić information content (AvgIpc) is 3.04. The topological polar surface area (TPSA) is 68.2 Å². The molecule has 22 heavy (non-hydrogen) atoms. The molecule has 3 N–H and O–H groups in total. The zero-order chi connectivity index (χ0) is 14.9. The molecule has 2 aromatic carbocycles. The number of rotatable bonds is 3. The lowest BCUT2D eigenvalue weighted by atomic mass is 10.2. The van der Waals surface area contributed by atoms with Crippen molar-refractivity contribution in [3.63, 3.8) is 0 Å². The highest BCUT2D eigenvalue weighted by Gasteiger charge is 2.08. The van der Waals surface area contributed by atoms with Crippen molar-refractivity contribution in [2.75, 3.05) is 11.1 Å². The van der Waals surface area contributed by atoms with Crippen molar-refractivity contribution in [2.45, 2.75) is 6.54 Å². The molecule has 2 heterocycles. The Balaban J connectivity index is 1.77. The van der Waals surface area contributed by atoms with Crippen LogP contribution in [0.5, 0.6) is 0 Å². The first-order valence-corrected chi connectivity index (χ1v) is 7.11. The Morgan fingerprint density at radius 2 is 1.82 bits per heavy atom. The van der Waals surface area contributed by atoms with Crippen molar-refractivity contribution in [1.29, 1.82) is 0 Å². The van der Waals surface area contributed by atoms with Crippen LogP contribution in [-0.2, 0) is 6.54 Å². The Hall–Kier alpha value is -3.08. The van der Waals surface area contributed by atoms with Gasteiger partial charge in [0.15, 0.2) is 5.82 Å². The van der Waals surface area contributed by atoms with Gasteiger partial charge in [-0.2, -0.15) is 0 Å². The number of hydrogen-bond acceptors (Lipinski definition) is 4. The number of nitrogens with one attached hydrogen (secondary N) is 1. The van der Waals surface area contributed by atoms with Crippen molar-refractivity contribution in [1.82, 2.24) is 14.4 Å². The summed E-state index contributed by atoms with van der Waals surface area (Å²) in [4.78, 5) is 8.95. The predicted octanol–water partition coefficient (Wildman–Crippen LogP) is 3.08. The summed E-state index contributed by atoms with van der Waals surface area (Å²) >= 11 is 0. The van der Waals surface area contributed by atoms with Gasteiger partial charge in [0.25, 0.3) is 0 Å². The van der Waals surface area contributed by atoms with Crippen LogP contribution in [0.15, 0.2) is 61.1 Å². The molecule has 0 radical (unpaired) electrons. The molecule has 5 nitrogen and oxygen atoms in total. The summed E-state index contributed by atoms with van der Waals surface area (Å²) in [6, 6.07) is 15.8. The molecule has 0 fully saturated rings. The first-order chi connectivity index (χ1) is 10.8. The fourth-order valence-electron chi connectivity index (χ4n) is 2.61. The number of hydrogen-bond donors (Lipinski definition) is 2. The zero-order valence-corrected chi connectivity index (χ0v) is 11.9. The van der Waals surface area contributed by atoms with Crippen LogP contribution in [0, 0.1) is 0 Å². The van der Waals surface area contributed by atoms with E-state index in [1.807, 2.05) is 59.1 Å². The van der Waals surface area contributed by atoms with E-state index in [1.165, 1.54) is 0 Å². The number of nitrogens with zero attached hydrogens (tertiary/aromatic N) is 3. The predicted molar refractivity (Wildman–Crippen MR) is 88.7 cm³/mol. The SMILES string of the molecule is Nc1ccccc1CNc1nc2ccccc2n2cncc12. The lowest BCUT2D eigenvalue weighted by molar-refractivity contribution is 1.11. The van der Waals surface area contributed by atoms with Crippen LogP contribution in [0.25, 0.3) is 16.6 Å². The van der Waals surface area contributed by atoms with E-state index >= 15 is 0 Å². The van der Waals surface area contributed by atoms with Crippen LogP contribution < -0.4 is 11.1 Å². The fourth-order valence-corrected chi connectivity index (χ4v) is 2.61. The van der Waals surface area contributed by atoms with Crippen LogP contribution in [0.1, 0.15) is 5.56 Å². The van der Waals surface area contributed by atoms with E-state index in [-0.39, 0.29) is 0 Å². The van der Waals surface area contributed by atoms with E-state index in [0.29, 0.717) is 6.54 Å². The Morgan fingerprint density at radius 3 is 2.73 bits per heavy atom. The summed E-state index contributed by atoms with van der Waals surface area (Å²) < 4.78 is 2.04. The monoisotopic (exact) mass is 289 g/mol. The second kappa shape index (κ2) is 5.04. The highest BCUT2D eigenvalue weighted by atomic mass is 15.1. The van der Waals surface area contributed by atoms with Crippen LogP contribution in [0.4, 0.5) is 11.5 Å². The summed E-state index contributed by atoms with van der Waals surface area (Å²) in [5.74, 6) is 0.805. The summed E-state index contributed by atoms with van der Waals surface area (Å²) in [7, 11) is 0. The first-order valence-electron chi connectivity index (χ1n) is 7.11. The number of aromatic nitrogens is 3. The van der Waals surface area contributed by atoms with E-state index in [2.05, 4.69) is 10.3 Å². The fraction of sp³-hybridized carbons (Fsp3) is 0.0588. The van der Waals surface area contributed by atoms with Crippen molar-refractivity contribution in [3.05, 3.63) is 66.6 Å². The van der Waals surface area contributed by atoms with Crippen LogP contribution in [0.2, 0.25) is 0 Å². The van der Waals surface area contributed by atoms with E-state index < -0.39 is 0 Å². The Bertz CT molecular complexity index is 958. The first kappa shape index (κ1) is 12.6. The third-order valence-corrected chi connectivity index (χ3v) is 3.76. The number of para-hydroxylation sites is 3. The Labute approximate surface area is 127 Å². The summed E-state index contributed by atoms with van der Waals surface area (Å²) in [6.07, 6.45) is 3.62. The van der Waals surface area contributed by atoms with Crippen molar-refractivity contribution in [3.8, 4) is 0 Å². The number of imidazole rings is 1. The molecule has 4 aromatic rings. The highest BCUT2D eigenvalue weighted by Crippen LogP contribution is 2.22. The van der Waals surface area contributed by atoms with Gasteiger partial charge in [-0.1, -0.05) is 30.3 Å². The molecule has 0 bridgehead atoms.